The van der Waals surface area contributed by atoms with Gasteiger partial charge in [0.2, 0.25) is 0 Å². The maximum absolute atomic E-state index is 13.4. The van der Waals surface area contributed by atoms with Crippen molar-refractivity contribution in [3.05, 3.63) is 29.6 Å². The molecule has 1 saturated heterocycles. The number of methoxy groups -OCH3 is 1. The molecule has 1 aromatic rings. The molecule has 24 heavy (non-hydrogen) atoms. The highest BCUT2D eigenvalue weighted by atomic mass is 19.1. The fraction of sp³-hybridized carbons (Fsp3) is 0.375. The quantitative estimate of drug-likeness (QED) is 0.446. The Kier molecular flexibility index (Phi) is 4.96. The summed E-state index contributed by atoms with van der Waals surface area (Å²) in [6.07, 6.45) is 0. The summed E-state index contributed by atoms with van der Waals surface area (Å²) in [4.78, 5) is 49.7. The maximum Gasteiger partial charge on any atom is 0.334 e. The minimum absolute atomic E-state index is 0.0235. The van der Waals surface area contributed by atoms with Crippen LogP contribution in [0.15, 0.2) is 18.2 Å². The molecule has 0 aliphatic carbocycles. The van der Waals surface area contributed by atoms with Crippen molar-refractivity contribution in [2.75, 3.05) is 20.2 Å². The molecule has 0 atom stereocenters. The van der Waals surface area contributed by atoms with E-state index in [1.807, 2.05) is 0 Å². The van der Waals surface area contributed by atoms with Gasteiger partial charge in [-0.3, -0.25) is 19.3 Å². The highest BCUT2D eigenvalue weighted by Crippen LogP contribution is 2.22. The van der Waals surface area contributed by atoms with Crippen molar-refractivity contribution in [2.24, 2.45) is 5.92 Å². The second kappa shape index (κ2) is 6.77. The van der Waals surface area contributed by atoms with Gasteiger partial charge >= 0.3 is 17.8 Å². The topological polar surface area (TPSA) is 84.0 Å². The van der Waals surface area contributed by atoms with E-state index in [0.717, 1.165) is 17.0 Å². The number of ether oxygens (including phenoxy) is 1. The summed E-state index contributed by atoms with van der Waals surface area (Å²) in [6, 6.07) is 2.50. The van der Waals surface area contributed by atoms with E-state index in [-0.39, 0.29) is 23.8 Å². The summed E-state index contributed by atoms with van der Waals surface area (Å²) in [5.74, 6) is -3.30. The van der Waals surface area contributed by atoms with Gasteiger partial charge in [0.1, 0.15) is 11.6 Å². The van der Waals surface area contributed by atoms with Gasteiger partial charge in [-0.25, -0.2) is 14.1 Å². The molecule has 2 rings (SSSR count). The Morgan fingerprint density at radius 3 is 2.38 bits per heavy atom. The van der Waals surface area contributed by atoms with E-state index in [0.29, 0.717) is 4.90 Å². The van der Waals surface area contributed by atoms with Crippen molar-refractivity contribution in [3.63, 3.8) is 0 Å². The molecule has 4 amide bonds. The van der Waals surface area contributed by atoms with Gasteiger partial charge in [0.25, 0.3) is 0 Å². The lowest BCUT2D eigenvalue weighted by atomic mass is 10.1. The summed E-state index contributed by atoms with van der Waals surface area (Å²) in [7, 11) is 1.31. The summed E-state index contributed by atoms with van der Waals surface area (Å²) < 4.78 is 18.3. The van der Waals surface area contributed by atoms with Crippen molar-refractivity contribution in [3.8, 4) is 5.75 Å². The maximum atomic E-state index is 13.4. The Labute approximate surface area is 138 Å². The molecule has 1 aliphatic heterocycles. The highest BCUT2D eigenvalue weighted by molar-refractivity contribution is 6.45. The number of ketones is 1. The Bertz CT molecular complexity index is 716. The lowest BCUT2D eigenvalue weighted by Crippen LogP contribution is -2.38. The number of carbonyl (C=O) groups excluding carboxylic acids is 4. The largest absolute Gasteiger partial charge is 0.496 e. The average Bonchev–Trinajstić information content (AvgIpc) is 2.72. The van der Waals surface area contributed by atoms with Gasteiger partial charge in [-0.1, -0.05) is 13.8 Å². The second-order valence-electron chi connectivity index (χ2n) is 5.75. The molecule has 7 nitrogen and oxygen atoms in total. The standard InChI is InChI=1S/C16H17FN2O5/c1-9(2)7-18-14(21)15(22)19(16(18)23)8-12(20)11-6-10(17)4-5-13(11)24-3/h4-6,9H,7-8H2,1-3H3. The molecule has 0 unspecified atom stereocenters. The molecule has 0 saturated carbocycles. The van der Waals surface area contributed by atoms with Gasteiger partial charge in [0.15, 0.2) is 5.78 Å². The first-order valence-electron chi connectivity index (χ1n) is 7.30. The number of halogens is 1. The minimum atomic E-state index is -1.07. The van der Waals surface area contributed by atoms with Crippen molar-refractivity contribution >= 4 is 23.6 Å². The normalized spacial score (nSPS) is 14.8. The molecular weight excluding hydrogens is 319 g/mol. The molecule has 0 radical (unpaired) electrons. The van der Waals surface area contributed by atoms with Gasteiger partial charge in [-0.15, -0.1) is 0 Å². The molecule has 128 valence electrons. The van der Waals surface area contributed by atoms with Crippen LogP contribution in [-0.2, 0) is 9.59 Å². The number of hydrogen-bond acceptors (Lipinski definition) is 5. The third kappa shape index (κ3) is 3.27. The molecular formula is C16H17FN2O5. The first kappa shape index (κ1) is 17.6. The zero-order chi connectivity index (χ0) is 18.0. The third-order valence-electron chi connectivity index (χ3n) is 3.45. The zero-order valence-electron chi connectivity index (χ0n) is 13.5. The lowest BCUT2D eigenvalue weighted by Gasteiger charge is -2.17. The van der Waals surface area contributed by atoms with Crippen LogP contribution in [0.1, 0.15) is 24.2 Å². The number of rotatable bonds is 6. The molecule has 1 fully saturated rings. The minimum Gasteiger partial charge on any atom is -0.496 e. The van der Waals surface area contributed by atoms with Crippen LogP contribution in [0.3, 0.4) is 0 Å². The number of imide groups is 2. The molecule has 8 heteroatoms. The number of nitrogens with zero attached hydrogens (tertiary/aromatic N) is 2. The van der Waals surface area contributed by atoms with Gasteiger partial charge < -0.3 is 4.74 Å². The van der Waals surface area contributed by atoms with Gasteiger partial charge in [0, 0.05) is 6.54 Å². The Balaban J connectivity index is 2.23. The first-order valence-corrected chi connectivity index (χ1v) is 7.30. The Hall–Kier alpha value is -2.77. The van der Waals surface area contributed by atoms with Gasteiger partial charge in [-0.2, -0.15) is 0 Å². The van der Waals surface area contributed by atoms with Crippen LogP contribution >= 0.6 is 0 Å². The lowest BCUT2D eigenvalue weighted by molar-refractivity contribution is -0.143. The van der Waals surface area contributed by atoms with Crippen molar-refractivity contribution in [2.45, 2.75) is 13.8 Å². The van der Waals surface area contributed by atoms with Crippen LogP contribution < -0.4 is 4.74 Å². The fourth-order valence-corrected chi connectivity index (χ4v) is 2.34. The molecule has 1 aliphatic rings. The molecule has 0 aromatic heterocycles. The van der Waals surface area contributed by atoms with E-state index in [2.05, 4.69) is 0 Å². The zero-order valence-corrected chi connectivity index (χ0v) is 13.5. The summed E-state index contributed by atoms with van der Waals surface area (Å²) >= 11 is 0. The van der Waals surface area contributed by atoms with E-state index < -0.39 is 36.0 Å². The average molecular weight is 336 g/mol. The number of amides is 4. The predicted molar refractivity (Wildman–Crippen MR) is 80.9 cm³/mol. The number of benzene rings is 1. The number of hydrogen-bond donors (Lipinski definition) is 0. The van der Waals surface area contributed by atoms with Gasteiger partial charge in [-0.05, 0) is 24.1 Å². The fourth-order valence-electron chi connectivity index (χ4n) is 2.34. The van der Waals surface area contributed by atoms with Crippen molar-refractivity contribution in [1.29, 1.82) is 0 Å². The van der Waals surface area contributed by atoms with Crippen LogP contribution in [0.25, 0.3) is 0 Å². The van der Waals surface area contributed by atoms with Crippen molar-refractivity contribution < 1.29 is 28.3 Å². The van der Waals surface area contributed by atoms with Crippen molar-refractivity contribution in [1.82, 2.24) is 9.80 Å². The second-order valence-corrected chi connectivity index (χ2v) is 5.75. The van der Waals surface area contributed by atoms with E-state index in [1.54, 1.807) is 13.8 Å². The third-order valence-corrected chi connectivity index (χ3v) is 3.45. The Morgan fingerprint density at radius 1 is 1.17 bits per heavy atom. The summed E-state index contributed by atoms with van der Waals surface area (Å²) in [6.45, 7) is 3.00. The SMILES string of the molecule is COc1ccc(F)cc1C(=O)CN1C(=O)C(=O)N(CC(C)C)C1=O. The Morgan fingerprint density at radius 2 is 1.79 bits per heavy atom. The number of Topliss-reactive ketones (excluding diaryl/α,β-unsaturated/α-hetero) is 1. The molecule has 0 N–H and O–H groups in total. The van der Waals surface area contributed by atoms with Crippen LogP contribution in [0, 0.1) is 11.7 Å². The van der Waals surface area contributed by atoms with Crippen LogP contribution in [0.5, 0.6) is 5.75 Å². The first-order chi connectivity index (χ1) is 11.3. The summed E-state index contributed by atoms with van der Waals surface area (Å²) in [5, 5.41) is 0. The van der Waals surface area contributed by atoms with Gasteiger partial charge in [0.05, 0.1) is 19.2 Å². The van der Waals surface area contributed by atoms with Crippen LogP contribution in [0.4, 0.5) is 9.18 Å². The van der Waals surface area contributed by atoms with E-state index >= 15 is 0 Å². The number of urea groups is 1. The van der Waals surface area contributed by atoms with E-state index in [4.69, 9.17) is 4.74 Å². The van der Waals surface area contributed by atoms with E-state index in [1.165, 1.54) is 13.2 Å². The molecule has 1 heterocycles. The summed E-state index contributed by atoms with van der Waals surface area (Å²) in [5.41, 5.74) is -0.104. The monoisotopic (exact) mass is 336 g/mol. The predicted octanol–water partition coefficient (Wildman–Crippen LogP) is 1.46. The highest BCUT2D eigenvalue weighted by Gasteiger charge is 2.45. The molecule has 0 spiro atoms. The number of carbonyl (C=O) groups is 4. The molecule has 1 aromatic carbocycles. The smallest absolute Gasteiger partial charge is 0.334 e. The van der Waals surface area contributed by atoms with E-state index in [9.17, 15) is 23.6 Å². The van der Waals surface area contributed by atoms with Crippen LogP contribution in [-0.4, -0.2) is 53.6 Å². The van der Waals surface area contributed by atoms with Crippen LogP contribution in [0.2, 0.25) is 0 Å². The molecule has 0 bridgehead atoms.